The third-order valence-electron chi connectivity index (χ3n) is 1.25. The lowest BCUT2D eigenvalue weighted by Crippen LogP contribution is -1.91. The van der Waals surface area contributed by atoms with Gasteiger partial charge in [-0.3, -0.25) is 4.79 Å². The molecule has 0 heterocycles. The van der Waals surface area contributed by atoms with Crippen molar-refractivity contribution in [3.05, 3.63) is 34.7 Å². The van der Waals surface area contributed by atoms with Crippen LogP contribution in [0.1, 0.15) is 10.4 Å². The fourth-order valence-electron chi connectivity index (χ4n) is 0.751. The number of nitroso groups, excluding NO2 is 1. The molecule has 1 rings (SSSR count). The molecule has 0 aliphatic carbocycles. The normalized spacial score (nSPS) is 8.73. The predicted molar refractivity (Wildman–Crippen MR) is 41.2 cm³/mol. The molecule has 0 aromatic heterocycles. The third-order valence-corrected chi connectivity index (χ3v) is 1.25. The Morgan fingerprint density at radius 2 is 2.09 bits per heavy atom. The molecule has 0 aliphatic heterocycles. The van der Waals surface area contributed by atoms with Crippen molar-refractivity contribution in [3.8, 4) is 0 Å². The first-order chi connectivity index (χ1) is 5.38. The molecule has 1 aromatic carbocycles. The summed E-state index contributed by atoms with van der Waals surface area (Å²) in [6.07, 6.45) is 0.660. The van der Waals surface area contributed by atoms with Gasteiger partial charge in [0.15, 0.2) is 6.29 Å². The summed E-state index contributed by atoms with van der Waals surface area (Å²) in [7, 11) is 0. The molecule has 4 heteroatoms. The molecule has 0 bridgehead atoms. The van der Waals surface area contributed by atoms with Gasteiger partial charge >= 0.3 is 0 Å². The van der Waals surface area contributed by atoms with Crippen molar-refractivity contribution < 1.29 is 4.79 Å². The highest BCUT2D eigenvalue weighted by Gasteiger charge is 1.96. The van der Waals surface area contributed by atoms with Gasteiger partial charge in [-0.25, -0.2) is 5.43 Å². The average Bonchev–Trinajstić information content (AvgIpc) is 2.06. The standard InChI is InChI=1S/C7H6N2O2/c10-5-6-3-1-2-4-7(6)8-9-11/h1-5H,(H,8,11). The minimum atomic E-state index is 0.423. The van der Waals surface area contributed by atoms with Gasteiger partial charge in [0, 0.05) is 5.56 Å². The zero-order valence-corrected chi connectivity index (χ0v) is 5.65. The summed E-state index contributed by atoms with van der Waals surface area (Å²) in [4.78, 5) is 20.1. The van der Waals surface area contributed by atoms with Crippen molar-refractivity contribution in [3.63, 3.8) is 0 Å². The van der Waals surface area contributed by atoms with Gasteiger partial charge in [-0.15, -0.1) is 4.91 Å². The van der Waals surface area contributed by atoms with Crippen LogP contribution in [-0.4, -0.2) is 6.29 Å². The van der Waals surface area contributed by atoms with Crippen LogP contribution in [0.5, 0.6) is 0 Å². The lowest BCUT2D eigenvalue weighted by Gasteiger charge is -1.98. The van der Waals surface area contributed by atoms with E-state index in [9.17, 15) is 9.70 Å². The van der Waals surface area contributed by atoms with Crippen LogP contribution < -0.4 is 5.43 Å². The Hall–Kier alpha value is -1.71. The highest BCUT2D eigenvalue weighted by Crippen LogP contribution is 2.11. The van der Waals surface area contributed by atoms with Crippen molar-refractivity contribution in [2.45, 2.75) is 0 Å². The molecule has 0 saturated heterocycles. The molecule has 1 aromatic rings. The summed E-state index contributed by atoms with van der Waals surface area (Å²) in [6.45, 7) is 0. The molecular formula is C7H6N2O2. The van der Waals surface area contributed by atoms with E-state index < -0.39 is 0 Å². The molecule has 0 amide bonds. The van der Waals surface area contributed by atoms with E-state index in [4.69, 9.17) is 0 Å². The van der Waals surface area contributed by atoms with Gasteiger partial charge in [-0.05, 0) is 12.1 Å². The second kappa shape index (κ2) is 3.46. The van der Waals surface area contributed by atoms with Gasteiger partial charge < -0.3 is 0 Å². The summed E-state index contributed by atoms with van der Waals surface area (Å²) < 4.78 is 0. The van der Waals surface area contributed by atoms with E-state index in [1.165, 1.54) is 0 Å². The minimum absolute atomic E-state index is 0.423. The molecule has 4 nitrogen and oxygen atoms in total. The van der Waals surface area contributed by atoms with E-state index in [0.717, 1.165) is 0 Å². The molecule has 1 N–H and O–H groups in total. The van der Waals surface area contributed by atoms with Crippen LogP contribution in [0.2, 0.25) is 0 Å². The third kappa shape index (κ3) is 1.61. The first-order valence-corrected chi connectivity index (χ1v) is 3.01. The SMILES string of the molecule is O=Cc1ccccc1NN=O. The highest BCUT2D eigenvalue weighted by molar-refractivity contribution is 5.83. The second-order valence-electron chi connectivity index (χ2n) is 1.91. The van der Waals surface area contributed by atoms with Gasteiger partial charge in [0.1, 0.15) is 0 Å². The molecule has 0 atom stereocenters. The van der Waals surface area contributed by atoms with E-state index in [1.807, 2.05) is 0 Å². The number of hydrogen-bond acceptors (Lipinski definition) is 3. The van der Waals surface area contributed by atoms with E-state index in [1.54, 1.807) is 24.3 Å². The summed E-state index contributed by atoms with van der Waals surface area (Å²) in [5.74, 6) is 0. The summed E-state index contributed by atoms with van der Waals surface area (Å²) in [5, 5.41) is 2.46. The molecule has 11 heavy (non-hydrogen) atoms. The number of carbonyl (C=O) groups is 1. The largest absolute Gasteiger partial charge is 0.298 e. The average molecular weight is 150 g/mol. The number of para-hydroxylation sites is 1. The zero-order valence-electron chi connectivity index (χ0n) is 5.65. The molecular weight excluding hydrogens is 144 g/mol. The lowest BCUT2D eigenvalue weighted by atomic mass is 10.2. The van der Waals surface area contributed by atoms with E-state index in [-0.39, 0.29) is 0 Å². The molecule has 0 aliphatic rings. The molecule has 0 spiro atoms. The fraction of sp³-hybridized carbons (Fsp3) is 0. The van der Waals surface area contributed by atoms with Crippen molar-refractivity contribution in [1.29, 1.82) is 0 Å². The number of nitrogens with one attached hydrogen (secondary N) is 1. The van der Waals surface area contributed by atoms with Crippen LogP contribution in [0.4, 0.5) is 5.69 Å². The van der Waals surface area contributed by atoms with E-state index in [2.05, 4.69) is 10.7 Å². The van der Waals surface area contributed by atoms with Crippen molar-refractivity contribution in [2.75, 3.05) is 5.43 Å². The van der Waals surface area contributed by atoms with E-state index in [0.29, 0.717) is 17.5 Å². The number of anilines is 1. The van der Waals surface area contributed by atoms with Gasteiger partial charge in [0.25, 0.3) is 0 Å². The topological polar surface area (TPSA) is 58.5 Å². The van der Waals surface area contributed by atoms with Crippen LogP contribution in [0, 0.1) is 4.91 Å². The Morgan fingerprint density at radius 3 is 2.73 bits per heavy atom. The minimum Gasteiger partial charge on any atom is -0.298 e. The monoisotopic (exact) mass is 150 g/mol. The van der Waals surface area contributed by atoms with Crippen LogP contribution in [0.3, 0.4) is 0 Å². The summed E-state index contributed by atoms with van der Waals surface area (Å²) in [6, 6.07) is 6.62. The maximum Gasteiger partial charge on any atom is 0.152 e. The number of rotatable bonds is 3. The number of hydrogen-bond donors (Lipinski definition) is 1. The Labute approximate surface area is 63.2 Å². The van der Waals surface area contributed by atoms with Crippen molar-refractivity contribution in [2.24, 2.45) is 5.29 Å². The second-order valence-corrected chi connectivity index (χ2v) is 1.91. The summed E-state index contributed by atoms with van der Waals surface area (Å²) in [5.41, 5.74) is 3.02. The van der Waals surface area contributed by atoms with Gasteiger partial charge in [-0.1, -0.05) is 12.1 Å². The Balaban J connectivity index is 3.01. The first-order valence-electron chi connectivity index (χ1n) is 3.01. The van der Waals surface area contributed by atoms with Crippen LogP contribution >= 0.6 is 0 Å². The number of benzene rings is 1. The molecule has 56 valence electrons. The molecule has 0 unspecified atom stereocenters. The number of nitrogens with zero attached hydrogens (tertiary/aromatic N) is 1. The number of aldehydes is 1. The predicted octanol–water partition coefficient (Wildman–Crippen LogP) is 1.59. The lowest BCUT2D eigenvalue weighted by molar-refractivity contribution is 0.112. The van der Waals surface area contributed by atoms with Crippen LogP contribution in [-0.2, 0) is 0 Å². The van der Waals surface area contributed by atoms with Crippen LogP contribution in [0.25, 0.3) is 0 Å². The maximum atomic E-state index is 10.3. The molecule has 0 fully saturated rings. The van der Waals surface area contributed by atoms with Crippen molar-refractivity contribution >= 4 is 12.0 Å². The van der Waals surface area contributed by atoms with Gasteiger partial charge in [-0.2, -0.15) is 0 Å². The Bertz CT molecular complexity index is 273. The summed E-state index contributed by atoms with van der Waals surface area (Å²) >= 11 is 0. The smallest absolute Gasteiger partial charge is 0.152 e. The van der Waals surface area contributed by atoms with Crippen LogP contribution in [0.15, 0.2) is 29.6 Å². The van der Waals surface area contributed by atoms with Crippen molar-refractivity contribution in [1.82, 2.24) is 0 Å². The molecule has 0 radical (unpaired) electrons. The maximum absolute atomic E-state index is 10.3. The Morgan fingerprint density at radius 1 is 1.36 bits per heavy atom. The number of carbonyl (C=O) groups excluding carboxylic acids is 1. The fourth-order valence-corrected chi connectivity index (χ4v) is 0.751. The van der Waals surface area contributed by atoms with Gasteiger partial charge in [0.2, 0.25) is 0 Å². The molecule has 0 saturated carbocycles. The van der Waals surface area contributed by atoms with Gasteiger partial charge in [0.05, 0.1) is 11.0 Å². The highest BCUT2D eigenvalue weighted by atomic mass is 16.3. The first kappa shape index (κ1) is 7.40. The van der Waals surface area contributed by atoms with E-state index >= 15 is 0 Å². The quantitative estimate of drug-likeness (QED) is 0.404. The Kier molecular flexibility index (Phi) is 2.32. The zero-order chi connectivity index (χ0) is 8.10.